The molecule has 0 spiro atoms. The highest BCUT2D eigenvalue weighted by Gasteiger charge is 2.45. The Morgan fingerprint density at radius 2 is 1.63 bits per heavy atom. The van der Waals surface area contributed by atoms with Gasteiger partial charge in [-0.3, -0.25) is 14.5 Å². The summed E-state index contributed by atoms with van der Waals surface area (Å²) < 4.78 is 0. The molecule has 0 fully saturated rings. The summed E-state index contributed by atoms with van der Waals surface area (Å²) in [5.41, 5.74) is -0.708. The van der Waals surface area contributed by atoms with Crippen LogP contribution in [0.2, 0.25) is 0 Å². The first kappa shape index (κ1) is 13.7. The maximum absolute atomic E-state index is 12.3. The second kappa shape index (κ2) is 5.08. The van der Waals surface area contributed by atoms with Gasteiger partial charge in [-0.25, -0.2) is 0 Å². The van der Waals surface area contributed by atoms with E-state index in [0.29, 0.717) is 11.1 Å². The molecule has 2 amide bonds. The molecule has 102 valence electrons. The second-order valence-electron chi connectivity index (χ2n) is 4.57. The van der Waals surface area contributed by atoms with Gasteiger partial charge in [-0.15, -0.1) is 0 Å². The van der Waals surface area contributed by atoms with Crippen LogP contribution in [-0.2, 0) is 11.2 Å². The number of hydrogen-bond donors (Lipinski definition) is 3. The molecule has 1 aromatic carbocycles. The molecule has 6 heteroatoms. The summed E-state index contributed by atoms with van der Waals surface area (Å²) in [6.45, 7) is -2.08. The van der Waals surface area contributed by atoms with E-state index in [2.05, 4.69) is 0 Å². The summed E-state index contributed by atoms with van der Waals surface area (Å²) in [6, 6.07) is 6.66. The molecule has 0 saturated carbocycles. The number of carbonyl (C=O) groups excluding carboxylic acids is 2. The van der Waals surface area contributed by atoms with E-state index in [4.69, 9.17) is 0 Å². The molecular weight excluding hydrogens is 250 g/mol. The third-order valence-electron chi connectivity index (χ3n) is 3.40. The van der Waals surface area contributed by atoms with Crippen molar-refractivity contribution < 1.29 is 24.9 Å². The van der Waals surface area contributed by atoms with Crippen LogP contribution in [0.15, 0.2) is 24.3 Å². The van der Waals surface area contributed by atoms with Crippen molar-refractivity contribution >= 4 is 11.8 Å². The van der Waals surface area contributed by atoms with Crippen molar-refractivity contribution in [2.24, 2.45) is 0 Å². The molecule has 2 rings (SSSR count). The van der Waals surface area contributed by atoms with Crippen LogP contribution in [0.1, 0.15) is 15.9 Å². The molecule has 19 heavy (non-hydrogen) atoms. The van der Waals surface area contributed by atoms with Crippen molar-refractivity contribution in [3.05, 3.63) is 35.4 Å². The molecule has 0 aliphatic carbocycles. The molecule has 0 aromatic heterocycles. The van der Waals surface area contributed by atoms with Crippen LogP contribution in [0.25, 0.3) is 0 Å². The number of nitrogens with zero attached hydrogens (tertiary/aromatic N) is 1. The minimum absolute atomic E-state index is 0.00363. The van der Waals surface area contributed by atoms with E-state index >= 15 is 0 Å². The van der Waals surface area contributed by atoms with E-state index in [0.717, 1.165) is 4.90 Å². The Kier molecular flexibility index (Phi) is 3.66. The average Bonchev–Trinajstić information content (AvgIpc) is 2.44. The molecule has 0 radical (unpaired) electrons. The number of aliphatic hydroxyl groups is 3. The Morgan fingerprint density at radius 3 is 2.21 bits per heavy atom. The summed E-state index contributed by atoms with van der Waals surface area (Å²) in [6.07, 6.45) is 0.00363. The smallest absolute Gasteiger partial charge is 0.261 e. The number of hydrogen-bond acceptors (Lipinski definition) is 5. The molecule has 1 aliphatic rings. The Morgan fingerprint density at radius 1 is 1.05 bits per heavy atom. The molecular formula is C13H15NO5. The summed E-state index contributed by atoms with van der Waals surface area (Å²) >= 11 is 0. The van der Waals surface area contributed by atoms with E-state index < -0.39 is 37.2 Å². The van der Waals surface area contributed by atoms with Crippen LogP contribution in [0.3, 0.4) is 0 Å². The van der Waals surface area contributed by atoms with Crippen molar-refractivity contribution in [3.8, 4) is 0 Å². The monoisotopic (exact) mass is 265 g/mol. The summed E-state index contributed by atoms with van der Waals surface area (Å²) in [7, 11) is 0. The van der Waals surface area contributed by atoms with Gasteiger partial charge in [0.05, 0.1) is 26.2 Å². The van der Waals surface area contributed by atoms with Gasteiger partial charge < -0.3 is 15.3 Å². The van der Waals surface area contributed by atoms with Crippen molar-refractivity contribution in [1.29, 1.82) is 0 Å². The van der Waals surface area contributed by atoms with Crippen LogP contribution in [0.4, 0.5) is 0 Å². The highest BCUT2D eigenvalue weighted by atomic mass is 16.3. The summed E-state index contributed by atoms with van der Waals surface area (Å²) in [4.78, 5) is 25.2. The normalized spacial score (nSPS) is 15.6. The van der Waals surface area contributed by atoms with E-state index in [1.165, 1.54) is 0 Å². The van der Waals surface area contributed by atoms with Gasteiger partial charge in [-0.2, -0.15) is 0 Å². The number of aliphatic hydroxyl groups excluding tert-OH is 3. The lowest BCUT2D eigenvalue weighted by molar-refractivity contribution is -0.139. The van der Waals surface area contributed by atoms with Crippen molar-refractivity contribution in [1.82, 2.24) is 4.90 Å². The first-order valence-corrected chi connectivity index (χ1v) is 5.87. The average molecular weight is 265 g/mol. The van der Waals surface area contributed by atoms with Gasteiger partial charge in [0.25, 0.3) is 5.91 Å². The lowest BCUT2D eigenvalue weighted by Gasteiger charge is -2.40. The van der Waals surface area contributed by atoms with Crippen LogP contribution in [0.5, 0.6) is 0 Å². The largest absolute Gasteiger partial charge is 0.394 e. The highest BCUT2D eigenvalue weighted by molar-refractivity contribution is 6.10. The molecule has 0 bridgehead atoms. The van der Waals surface area contributed by atoms with E-state index in [1.54, 1.807) is 24.3 Å². The first-order chi connectivity index (χ1) is 9.09. The van der Waals surface area contributed by atoms with E-state index in [-0.39, 0.29) is 6.42 Å². The number of benzene rings is 1. The third-order valence-corrected chi connectivity index (χ3v) is 3.40. The zero-order valence-corrected chi connectivity index (χ0v) is 10.2. The van der Waals surface area contributed by atoms with Gasteiger partial charge in [0, 0.05) is 5.56 Å². The zero-order valence-electron chi connectivity index (χ0n) is 10.2. The lowest BCUT2D eigenvalue weighted by Crippen LogP contribution is -2.63. The molecule has 1 aliphatic heterocycles. The van der Waals surface area contributed by atoms with Crippen molar-refractivity contribution in [2.75, 3.05) is 19.8 Å². The number of amides is 2. The number of rotatable bonds is 4. The van der Waals surface area contributed by atoms with Crippen molar-refractivity contribution in [2.45, 2.75) is 12.0 Å². The lowest BCUT2D eigenvalue weighted by atomic mass is 9.92. The van der Waals surface area contributed by atoms with Gasteiger partial charge in [-0.05, 0) is 11.6 Å². The van der Waals surface area contributed by atoms with Crippen molar-refractivity contribution in [3.63, 3.8) is 0 Å². The predicted octanol–water partition coefficient (Wildman–Crippen LogP) is -1.07. The third kappa shape index (κ3) is 2.03. The Hall–Kier alpha value is -1.76. The summed E-state index contributed by atoms with van der Waals surface area (Å²) in [5, 5.41) is 28.0. The maximum Gasteiger partial charge on any atom is 0.261 e. The van der Waals surface area contributed by atoms with Crippen LogP contribution in [0, 0.1) is 0 Å². The molecule has 1 heterocycles. The summed E-state index contributed by atoms with van der Waals surface area (Å²) in [5.74, 6) is -1.15. The highest BCUT2D eigenvalue weighted by Crippen LogP contribution is 2.26. The molecule has 3 N–H and O–H groups in total. The molecule has 0 saturated heterocycles. The van der Waals surface area contributed by atoms with Gasteiger partial charge in [0.15, 0.2) is 0 Å². The first-order valence-electron chi connectivity index (χ1n) is 5.87. The number of imide groups is 1. The molecule has 0 atom stereocenters. The quantitative estimate of drug-likeness (QED) is 0.602. The SMILES string of the molecule is O=C1Cc2ccccc2C(=O)N1C(CO)(CO)CO. The second-order valence-corrected chi connectivity index (χ2v) is 4.57. The molecule has 0 unspecified atom stereocenters. The van der Waals surface area contributed by atoms with Gasteiger partial charge >= 0.3 is 0 Å². The molecule has 1 aromatic rings. The fourth-order valence-electron chi connectivity index (χ4n) is 2.20. The maximum atomic E-state index is 12.3. The minimum Gasteiger partial charge on any atom is -0.394 e. The fraction of sp³-hybridized carbons (Fsp3) is 0.385. The minimum atomic E-state index is -1.66. The van der Waals surface area contributed by atoms with E-state index in [1.807, 2.05) is 0 Å². The number of fused-ring (bicyclic) bond motifs is 1. The number of carbonyl (C=O) groups is 2. The van der Waals surface area contributed by atoms with Gasteiger partial charge in [-0.1, -0.05) is 18.2 Å². The standard InChI is InChI=1S/C13H15NO5/c15-6-13(7-16,8-17)14-11(18)5-9-3-1-2-4-10(9)12(14)19/h1-4,15-17H,5-8H2. The Labute approximate surface area is 109 Å². The zero-order chi connectivity index (χ0) is 14.0. The van der Waals surface area contributed by atoms with Crippen LogP contribution < -0.4 is 0 Å². The predicted molar refractivity (Wildman–Crippen MR) is 65.3 cm³/mol. The fourth-order valence-corrected chi connectivity index (χ4v) is 2.20. The Balaban J connectivity index is 2.49. The topological polar surface area (TPSA) is 98.1 Å². The van der Waals surface area contributed by atoms with Crippen LogP contribution >= 0.6 is 0 Å². The van der Waals surface area contributed by atoms with Gasteiger partial charge in [0.2, 0.25) is 5.91 Å². The van der Waals surface area contributed by atoms with E-state index in [9.17, 15) is 24.9 Å². The van der Waals surface area contributed by atoms with Crippen LogP contribution in [-0.4, -0.2) is 57.4 Å². The molecule has 6 nitrogen and oxygen atoms in total. The van der Waals surface area contributed by atoms with Gasteiger partial charge in [0.1, 0.15) is 5.54 Å². The Bertz CT molecular complexity index is 501.